The molecule has 1 atom stereocenters. The summed E-state index contributed by atoms with van der Waals surface area (Å²) >= 11 is 0. The van der Waals surface area contributed by atoms with Crippen LogP contribution in [0.4, 0.5) is 0 Å². The molecule has 0 aliphatic heterocycles. The molecule has 128 valence electrons. The molecule has 0 bridgehead atoms. The number of furan rings is 1. The number of hydrogen-bond donors (Lipinski definition) is 1. The van der Waals surface area contributed by atoms with E-state index in [9.17, 15) is 4.79 Å². The molecule has 0 unspecified atom stereocenters. The molecule has 0 spiro atoms. The summed E-state index contributed by atoms with van der Waals surface area (Å²) in [5, 5.41) is 3.90. The Bertz CT molecular complexity index is 1040. The maximum atomic E-state index is 13.0. The molecule has 0 aliphatic carbocycles. The number of nitrogens with zero attached hydrogens (tertiary/aromatic N) is 1. The number of carbonyl (C=O) groups is 1. The first-order valence-electron chi connectivity index (χ1n) is 8.52. The van der Waals surface area contributed by atoms with Gasteiger partial charge in [0.1, 0.15) is 5.69 Å². The molecule has 2 aromatic heterocycles. The zero-order valence-corrected chi connectivity index (χ0v) is 14.3. The molecule has 2 aromatic carbocycles. The Morgan fingerprint density at radius 3 is 2.54 bits per heavy atom. The van der Waals surface area contributed by atoms with E-state index in [0.29, 0.717) is 17.0 Å². The van der Waals surface area contributed by atoms with Gasteiger partial charge in [0.15, 0.2) is 5.76 Å². The number of carbonyl (C=O) groups excluding carboxylic acids is 1. The summed E-state index contributed by atoms with van der Waals surface area (Å²) in [4.78, 5) is 17.6. The van der Waals surface area contributed by atoms with Gasteiger partial charge in [-0.25, -0.2) is 4.98 Å². The number of fused-ring (bicyclic) bond motifs is 1. The fourth-order valence-electron chi connectivity index (χ4n) is 3.01. The van der Waals surface area contributed by atoms with Crippen LogP contribution in [0.2, 0.25) is 0 Å². The van der Waals surface area contributed by atoms with Crippen LogP contribution in [0.3, 0.4) is 0 Å². The zero-order chi connectivity index (χ0) is 17.9. The van der Waals surface area contributed by atoms with Crippen molar-refractivity contribution in [2.75, 3.05) is 0 Å². The van der Waals surface area contributed by atoms with E-state index in [4.69, 9.17) is 4.42 Å². The van der Waals surface area contributed by atoms with E-state index in [1.165, 1.54) is 0 Å². The standard InChI is InChI=1S/C22H18N2O2/c1-15(16-8-3-2-4-9-16)23-22(25)18-14-20(21-12-7-13-26-21)24-19-11-6-5-10-17(18)19/h2-15H,1H3,(H,23,25)/t15-/m1/s1. The molecule has 4 nitrogen and oxygen atoms in total. The molecular formula is C22H18N2O2. The van der Waals surface area contributed by atoms with Crippen LogP contribution in [-0.2, 0) is 0 Å². The molecule has 1 N–H and O–H groups in total. The first-order valence-corrected chi connectivity index (χ1v) is 8.52. The van der Waals surface area contributed by atoms with Gasteiger partial charge in [-0.1, -0.05) is 48.5 Å². The quantitative estimate of drug-likeness (QED) is 0.569. The summed E-state index contributed by atoms with van der Waals surface area (Å²) in [6.07, 6.45) is 1.60. The Balaban J connectivity index is 1.73. The lowest BCUT2D eigenvalue weighted by molar-refractivity contribution is 0.0941. The molecule has 0 saturated carbocycles. The van der Waals surface area contributed by atoms with Crippen LogP contribution in [0.25, 0.3) is 22.4 Å². The molecule has 0 radical (unpaired) electrons. The maximum Gasteiger partial charge on any atom is 0.252 e. The molecule has 2 heterocycles. The van der Waals surface area contributed by atoms with Crippen molar-refractivity contribution in [2.24, 2.45) is 0 Å². The van der Waals surface area contributed by atoms with Gasteiger partial charge in [0.2, 0.25) is 0 Å². The minimum absolute atomic E-state index is 0.0947. The first kappa shape index (κ1) is 16.1. The van der Waals surface area contributed by atoms with E-state index in [-0.39, 0.29) is 11.9 Å². The van der Waals surface area contributed by atoms with Crippen LogP contribution in [0.1, 0.15) is 28.9 Å². The lowest BCUT2D eigenvalue weighted by atomic mass is 10.0. The third-order valence-corrected chi connectivity index (χ3v) is 4.38. The highest BCUT2D eigenvalue weighted by Crippen LogP contribution is 2.25. The molecule has 4 heteroatoms. The summed E-state index contributed by atoms with van der Waals surface area (Å²) in [5.74, 6) is 0.508. The van der Waals surface area contributed by atoms with Crippen molar-refractivity contribution in [3.05, 3.63) is 90.2 Å². The smallest absolute Gasteiger partial charge is 0.252 e. The highest BCUT2D eigenvalue weighted by molar-refractivity contribution is 6.07. The number of nitrogens with one attached hydrogen (secondary N) is 1. The lowest BCUT2D eigenvalue weighted by Crippen LogP contribution is -2.27. The highest BCUT2D eigenvalue weighted by Gasteiger charge is 2.17. The van der Waals surface area contributed by atoms with Crippen molar-refractivity contribution in [1.82, 2.24) is 10.3 Å². The van der Waals surface area contributed by atoms with Crippen LogP contribution in [0.5, 0.6) is 0 Å². The molecule has 0 aliphatic rings. The van der Waals surface area contributed by atoms with Gasteiger partial charge in [-0.15, -0.1) is 0 Å². The van der Waals surface area contributed by atoms with Gasteiger partial charge in [0, 0.05) is 5.39 Å². The molecule has 1 amide bonds. The molecule has 0 fully saturated rings. The van der Waals surface area contributed by atoms with Gasteiger partial charge < -0.3 is 9.73 Å². The van der Waals surface area contributed by atoms with Gasteiger partial charge in [-0.3, -0.25) is 4.79 Å². The van der Waals surface area contributed by atoms with E-state index in [2.05, 4.69) is 10.3 Å². The number of pyridine rings is 1. The molecule has 0 saturated heterocycles. The van der Waals surface area contributed by atoms with Crippen LogP contribution >= 0.6 is 0 Å². The molecular weight excluding hydrogens is 324 g/mol. The lowest BCUT2D eigenvalue weighted by Gasteiger charge is -2.15. The zero-order valence-electron chi connectivity index (χ0n) is 14.3. The van der Waals surface area contributed by atoms with Crippen LogP contribution in [-0.4, -0.2) is 10.9 Å². The largest absolute Gasteiger partial charge is 0.463 e. The predicted molar refractivity (Wildman–Crippen MR) is 102 cm³/mol. The average Bonchev–Trinajstić information content (AvgIpc) is 3.22. The van der Waals surface area contributed by atoms with E-state index in [1.54, 1.807) is 12.3 Å². The Kier molecular flexibility index (Phi) is 4.23. The Morgan fingerprint density at radius 2 is 1.77 bits per heavy atom. The summed E-state index contributed by atoms with van der Waals surface area (Å²) in [6, 6.07) is 22.9. The monoisotopic (exact) mass is 342 g/mol. The van der Waals surface area contributed by atoms with E-state index in [0.717, 1.165) is 16.5 Å². The maximum absolute atomic E-state index is 13.0. The highest BCUT2D eigenvalue weighted by atomic mass is 16.3. The van der Waals surface area contributed by atoms with E-state index < -0.39 is 0 Å². The number of amides is 1. The van der Waals surface area contributed by atoms with Crippen LogP contribution in [0, 0.1) is 0 Å². The molecule has 26 heavy (non-hydrogen) atoms. The number of aromatic nitrogens is 1. The van der Waals surface area contributed by atoms with Crippen molar-refractivity contribution in [3.8, 4) is 11.5 Å². The number of hydrogen-bond acceptors (Lipinski definition) is 3. The van der Waals surface area contributed by atoms with Gasteiger partial charge in [-0.05, 0) is 36.8 Å². The molecule has 4 rings (SSSR count). The number of benzene rings is 2. The van der Waals surface area contributed by atoms with Crippen molar-refractivity contribution in [2.45, 2.75) is 13.0 Å². The minimum Gasteiger partial charge on any atom is -0.463 e. The summed E-state index contributed by atoms with van der Waals surface area (Å²) in [7, 11) is 0. The predicted octanol–water partition coefficient (Wildman–Crippen LogP) is 4.99. The first-order chi connectivity index (χ1) is 12.7. The number of para-hydroxylation sites is 1. The summed E-state index contributed by atoms with van der Waals surface area (Å²) < 4.78 is 5.46. The Labute approximate surface area is 151 Å². The van der Waals surface area contributed by atoms with Crippen molar-refractivity contribution in [3.63, 3.8) is 0 Å². The Morgan fingerprint density at radius 1 is 1.00 bits per heavy atom. The molecule has 4 aromatic rings. The topological polar surface area (TPSA) is 55.1 Å². The fraction of sp³-hybridized carbons (Fsp3) is 0.0909. The van der Waals surface area contributed by atoms with E-state index >= 15 is 0 Å². The van der Waals surface area contributed by atoms with Crippen molar-refractivity contribution in [1.29, 1.82) is 0 Å². The third-order valence-electron chi connectivity index (χ3n) is 4.38. The van der Waals surface area contributed by atoms with Crippen molar-refractivity contribution < 1.29 is 9.21 Å². The normalized spacial score (nSPS) is 12.0. The SMILES string of the molecule is C[C@@H](NC(=O)c1cc(-c2ccco2)nc2ccccc12)c1ccccc1. The minimum atomic E-state index is -0.132. The third kappa shape index (κ3) is 3.09. The Hall–Kier alpha value is -3.40. The second-order valence-electron chi connectivity index (χ2n) is 6.16. The van der Waals surface area contributed by atoms with Gasteiger partial charge in [0.05, 0.1) is 23.4 Å². The van der Waals surface area contributed by atoms with E-state index in [1.807, 2.05) is 73.7 Å². The van der Waals surface area contributed by atoms with Gasteiger partial charge >= 0.3 is 0 Å². The van der Waals surface area contributed by atoms with Gasteiger partial charge in [-0.2, -0.15) is 0 Å². The summed E-state index contributed by atoms with van der Waals surface area (Å²) in [6.45, 7) is 1.98. The summed E-state index contributed by atoms with van der Waals surface area (Å²) in [5.41, 5.74) is 3.06. The number of rotatable bonds is 4. The average molecular weight is 342 g/mol. The second kappa shape index (κ2) is 6.84. The second-order valence-corrected chi connectivity index (χ2v) is 6.16. The van der Waals surface area contributed by atoms with Crippen LogP contribution < -0.4 is 5.32 Å². The van der Waals surface area contributed by atoms with Gasteiger partial charge in [0.25, 0.3) is 5.91 Å². The van der Waals surface area contributed by atoms with Crippen molar-refractivity contribution >= 4 is 16.8 Å². The van der Waals surface area contributed by atoms with Crippen LogP contribution in [0.15, 0.2) is 83.5 Å². The fourth-order valence-corrected chi connectivity index (χ4v) is 3.01.